The highest BCUT2D eigenvalue weighted by atomic mass is 16.1. The summed E-state index contributed by atoms with van der Waals surface area (Å²) in [6.45, 7) is 6.05. The minimum Gasteiger partial charge on any atom is -0.366 e. The Balaban J connectivity index is 0.000000234. The maximum atomic E-state index is 12.0. The van der Waals surface area contributed by atoms with E-state index in [1.54, 1.807) is 24.5 Å². The number of aromatic nitrogens is 1. The van der Waals surface area contributed by atoms with Crippen LogP contribution >= 0.6 is 0 Å². The number of hydrogen-bond acceptors (Lipinski definition) is 3. The largest absolute Gasteiger partial charge is 0.366 e. The average Bonchev–Trinajstić information content (AvgIpc) is 2.67. The number of rotatable bonds is 4. The SMILES string of the molecule is Cc1ccc(C(=O)Nc2cc(C)cc(C)c2)cc1.NC(=O)C=Cc1cccnc1. The number of primary amides is 1. The maximum absolute atomic E-state index is 12.0. The molecule has 148 valence electrons. The van der Waals surface area contributed by atoms with Crippen LogP contribution in [0.4, 0.5) is 5.69 Å². The lowest BCUT2D eigenvalue weighted by Crippen LogP contribution is -2.11. The van der Waals surface area contributed by atoms with Gasteiger partial charge in [-0.25, -0.2) is 0 Å². The fraction of sp³-hybridized carbons (Fsp3) is 0.125. The standard InChI is InChI=1S/C16H17NO.C8H8N2O/c1-11-4-6-14(7-5-11)16(18)17-15-9-12(2)8-13(3)10-15;9-8(11)4-3-7-2-1-5-10-6-7/h4-10H,1-3H3,(H,17,18);1-6H,(H2,9,11). The molecule has 2 aromatic carbocycles. The molecule has 0 bridgehead atoms. The van der Waals surface area contributed by atoms with E-state index in [2.05, 4.69) is 16.4 Å². The Morgan fingerprint density at radius 3 is 2.14 bits per heavy atom. The third-order valence-corrected chi connectivity index (χ3v) is 3.92. The van der Waals surface area contributed by atoms with E-state index >= 15 is 0 Å². The number of anilines is 1. The molecule has 5 heteroatoms. The third-order valence-electron chi connectivity index (χ3n) is 3.92. The summed E-state index contributed by atoms with van der Waals surface area (Å²) in [5.41, 5.74) is 10.7. The fourth-order valence-electron chi connectivity index (χ4n) is 2.61. The summed E-state index contributed by atoms with van der Waals surface area (Å²) >= 11 is 0. The number of nitrogens with zero attached hydrogens (tertiary/aromatic N) is 1. The van der Waals surface area contributed by atoms with Gasteiger partial charge in [0.15, 0.2) is 0 Å². The van der Waals surface area contributed by atoms with Gasteiger partial charge in [0.05, 0.1) is 0 Å². The summed E-state index contributed by atoms with van der Waals surface area (Å²) in [7, 11) is 0. The first-order chi connectivity index (χ1) is 13.8. The van der Waals surface area contributed by atoms with Gasteiger partial charge < -0.3 is 11.1 Å². The molecule has 3 N–H and O–H groups in total. The second kappa shape index (κ2) is 10.6. The van der Waals surface area contributed by atoms with E-state index in [1.165, 1.54) is 6.08 Å². The number of amides is 2. The average molecular weight is 387 g/mol. The van der Waals surface area contributed by atoms with Gasteiger partial charge in [0.1, 0.15) is 0 Å². The first kappa shape index (κ1) is 21.6. The van der Waals surface area contributed by atoms with Crippen LogP contribution in [-0.4, -0.2) is 16.8 Å². The van der Waals surface area contributed by atoms with E-state index in [4.69, 9.17) is 5.73 Å². The van der Waals surface area contributed by atoms with Gasteiger partial charge in [0.2, 0.25) is 5.91 Å². The van der Waals surface area contributed by atoms with Crippen molar-refractivity contribution in [3.8, 4) is 0 Å². The molecule has 0 saturated heterocycles. The lowest BCUT2D eigenvalue weighted by Gasteiger charge is -2.07. The van der Waals surface area contributed by atoms with E-state index in [1.807, 2.05) is 63.2 Å². The lowest BCUT2D eigenvalue weighted by molar-refractivity contribution is -0.113. The number of hydrogen-bond donors (Lipinski definition) is 2. The highest BCUT2D eigenvalue weighted by molar-refractivity contribution is 6.04. The number of aryl methyl sites for hydroxylation is 3. The molecule has 0 spiro atoms. The molecule has 1 aromatic heterocycles. The van der Waals surface area contributed by atoms with Crippen molar-refractivity contribution >= 4 is 23.6 Å². The van der Waals surface area contributed by atoms with Crippen LogP contribution in [0.5, 0.6) is 0 Å². The number of carbonyl (C=O) groups is 2. The van der Waals surface area contributed by atoms with Crippen molar-refractivity contribution < 1.29 is 9.59 Å². The molecule has 0 saturated carbocycles. The van der Waals surface area contributed by atoms with Gasteiger partial charge >= 0.3 is 0 Å². The van der Waals surface area contributed by atoms with Crippen molar-refractivity contribution in [2.75, 3.05) is 5.32 Å². The van der Waals surface area contributed by atoms with Crippen molar-refractivity contribution in [1.82, 2.24) is 4.98 Å². The molecular formula is C24H25N3O2. The second-order valence-corrected chi connectivity index (χ2v) is 6.72. The van der Waals surface area contributed by atoms with Crippen LogP contribution < -0.4 is 11.1 Å². The van der Waals surface area contributed by atoms with Crippen molar-refractivity contribution in [3.63, 3.8) is 0 Å². The Kier molecular flexibility index (Phi) is 7.86. The second-order valence-electron chi connectivity index (χ2n) is 6.72. The third kappa shape index (κ3) is 7.81. The molecule has 1 heterocycles. The van der Waals surface area contributed by atoms with Crippen LogP contribution in [0.3, 0.4) is 0 Å². The molecular weight excluding hydrogens is 362 g/mol. The minimum absolute atomic E-state index is 0.0694. The molecule has 0 aliphatic rings. The first-order valence-corrected chi connectivity index (χ1v) is 9.17. The number of carbonyl (C=O) groups excluding carboxylic acids is 2. The molecule has 0 aliphatic heterocycles. The number of pyridine rings is 1. The number of nitrogens with two attached hydrogens (primary N) is 1. The predicted octanol–water partition coefficient (Wildman–Crippen LogP) is 4.44. The number of nitrogens with one attached hydrogen (secondary N) is 1. The fourth-order valence-corrected chi connectivity index (χ4v) is 2.61. The molecule has 5 nitrogen and oxygen atoms in total. The molecule has 2 amide bonds. The van der Waals surface area contributed by atoms with E-state index in [9.17, 15) is 9.59 Å². The van der Waals surface area contributed by atoms with Gasteiger partial charge in [0, 0.05) is 29.7 Å². The van der Waals surface area contributed by atoms with Crippen molar-refractivity contribution in [1.29, 1.82) is 0 Å². The molecule has 0 unspecified atom stereocenters. The highest BCUT2D eigenvalue weighted by Crippen LogP contribution is 2.15. The molecule has 29 heavy (non-hydrogen) atoms. The van der Waals surface area contributed by atoms with Crippen LogP contribution in [0.25, 0.3) is 6.08 Å². The maximum Gasteiger partial charge on any atom is 0.255 e. The van der Waals surface area contributed by atoms with Gasteiger partial charge in [-0.1, -0.05) is 29.8 Å². The molecule has 0 atom stereocenters. The Hall–Kier alpha value is -3.73. The molecule has 0 radical (unpaired) electrons. The summed E-state index contributed by atoms with van der Waals surface area (Å²) in [4.78, 5) is 26.2. The molecule has 0 aliphatic carbocycles. The van der Waals surface area contributed by atoms with Crippen LogP contribution in [0, 0.1) is 20.8 Å². The van der Waals surface area contributed by atoms with Crippen molar-refractivity contribution in [2.24, 2.45) is 5.73 Å². The van der Waals surface area contributed by atoms with Gasteiger partial charge in [-0.2, -0.15) is 0 Å². The quantitative estimate of drug-likeness (QED) is 0.649. The Labute approximate surface area is 171 Å². The molecule has 3 aromatic rings. The summed E-state index contributed by atoms with van der Waals surface area (Å²) in [5.74, 6) is -0.520. The smallest absolute Gasteiger partial charge is 0.255 e. The highest BCUT2D eigenvalue weighted by Gasteiger charge is 2.06. The zero-order chi connectivity index (χ0) is 21.2. The minimum atomic E-state index is -0.450. The normalized spacial score (nSPS) is 10.2. The van der Waals surface area contributed by atoms with E-state index in [-0.39, 0.29) is 5.91 Å². The number of benzene rings is 2. The van der Waals surface area contributed by atoms with Gasteiger partial charge in [-0.05, 0) is 73.9 Å². The van der Waals surface area contributed by atoms with E-state index in [0.717, 1.165) is 27.9 Å². The Morgan fingerprint density at radius 1 is 0.931 bits per heavy atom. The first-order valence-electron chi connectivity index (χ1n) is 9.17. The van der Waals surface area contributed by atoms with Gasteiger partial charge in [0.25, 0.3) is 5.91 Å². The lowest BCUT2D eigenvalue weighted by atomic mass is 10.1. The Bertz CT molecular complexity index is 974. The van der Waals surface area contributed by atoms with Gasteiger partial charge in [-0.15, -0.1) is 0 Å². The summed E-state index contributed by atoms with van der Waals surface area (Å²) in [6, 6.07) is 17.2. The monoisotopic (exact) mass is 387 g/mol. The van der Waals surface area contributed by atoms with Crippen LogP contribution in [0.15, 0.2) is 73.1 Å². The Morgan fingerprint density at radius 2 is 1.59 bits per heavy atom. The van der Waals surface area contributed by atoms with Gasteiger partial charge in [-0.3, -0.25) is 14.6 Å². The van der Waals surface area contributed by atoms with Crippen LogP contribution in [0.2, 0.25) is 0 Å². The predicted molar refractivity (Wildman–Crippen MR) is 118 cm³/mol. The zero-order valence-corrected chi connectivity index (χ0v) is 16.8. The summed E-state index contributed by atoms with van der Waals surface area (Å²) in [6.07, 6.45) is 6.24. The van der Waals surface area contributed by atoms with E-state index in [0.29, 0.717) is 5.56 Å². The van der Waals surface area contributed by atoms with Crippen molar-refractivity contribution in [3.05, 3.63) is 101 Å². The van der Waals surface area contributed by atoms with Crippen LogP contribution in [-0.2, 0) is 4.79 Å². The van der Waals surface area contributed by atoms with Crippen molar-refractivity contribution in [2.45, 2.75) is 20.8 Å². The summed E-state index contributed by atoms with van der Waals surface area (Å²) < 4.78 is 0. The molecule has 0 fully saturated rings. The van der Waals surface area contributed by atoms with Crippen LogP contribution in [0.1, 0.15) is 32.6 Å². The molecule has 3 rings (SSSR count). The van der Waals surface area contributed by atoms with E-state index < -0.39 is 5.91 Å². The zero-order valence-electron chi connectivity index (χ0n) is 16.8. The summed E-state index contributed by atoms with van der Waals surface area (Å²) in [5, 5.41) is 2.92. The topological polar surface area (TPSA) is 85.1 Å².